The topological polar surface area (TPSA) is 75.6 Å². The zero-order chi connectivity index (χ0) is 13.1. The monoisotopic (exact) mass is 241 g/mol. The van der Waals surface area contributed by atoms with Crippen molar-refractivity contribution in [1.82, 2.24) is 5.32 Å². The molecule has 5 nitrogen and oxygen atoms in total. The summed E-state index contributed by atoms with van der Waals surface area (Å²) >= 11 is 0. The van der Waals surface area contributed by atoms with Gasteiger partial charge in [-0.2, -0.15) is 0 Å². The van der Waals surface area contributed by atoms with Gasteiger partial charge < -0.3 is 15.2 Å². The fourth-order valence-corrected chi connectivity index (χ4v) is 1.65. The van der Waals surface area contributed by atoms with Crippen molar-refractivity contribution >= 4 is 11.9 Å². The third kappa shape index (κ3) is 3.85. The maximum absolute atomic E-state index is 11.7. The zero-order valence-electron chi connectivity index (χ0n) is 10.4. The summed E-state index contributed by atoms with van der Waals surface area (Å²) in [6.07, 6.45) is 2.75. The third-order valence-electron chi connectivity index (χ3n) is 2.99. The van der Waals surface area contributed by atoms with Gasteiger partial charge >= 0.3 is 5.97 Å². The van der Waals surface area contributed by atoms with Gasteiger partial charge in [-0.05, 0) is 18.3 Å². The van der Waals surface area contributed by atoms with E-state index in [0.717, 1.165) is 6.42 Å². The lowest BCUT2D eigenvalue weighted by Crippen LogP contribution is -2.29. The van der Waals surface area contributed by atoms with Crippen LogP contribution in [0.5, 0.6) is 0 Å². The first kappa shape index (κ1) is 13.7. The van der Waals surface area contributed by atoms with Crippen molar-refractivity contribution in [2.24, 2.45) is 11.3 Å². The van der Waals surface area contributed by atoms with E-state index in [4.69, 9.17) is 9.84 Å². The number of carboxylic acids is 1. The SMILES string of the molecule is COCCC=C(NC(=O)C1CC1(C)C)C(=O)O. The van der Waals surface area contributed by atoms with Crippen molar-refractivity contribution in [1.29, 1.82) is 0 Å². The smallest absolute Gasteiger partial charge is 0.352 e. The molecule has 5 heteroatoms. The minimum Gasteiger partial charge on any atom is -0.477 e. The lowest BCUT2D eigenvalue weighted by Gasteiger charge is -2.07. The molecule has 1 rings (SSSR count). The van der Waals surface area contributed by atoms with Crippen LogP contribution in [-0.4, -0.2) is 30.7 Å². The number of amides is 1. The molecule has 0 saturated heterocycles. The van der Waals surface area contributed by atoms with E-state index in [2.05, 4.69) is 5.32 Å². The van der Waals surface area contributed by atoms with Gasteiger partial charge in [-0.3, -0.25) is 4.79 Å². The van der Waals surface area contributed by atoms with Crippen LogP contribution in [-0.2, 0) is 14.3 Å². The van der Waals surface area contributed by atoms with Gasteiger partial charge in [0.25, 0.3) is 0 Å². The molecule has 2 N–H and O–H groups in total. The highest BCUT2D eigenvalue weighted by molar-refractivity contribution is 5.94. The Balaban J connectivity index is 2.53. The molecule has 1 unspecified atom stereocenters. The maximum atomic E-state index is 11.7. The second kappa shape index (κ2) is 5.31. The van der Waals surface area contributed by atoms with E-state index in [1.807, 2.05) is 13.8 Å². The van der Waals surface area contributed by atoms with E-state index in [0.29, 0.717) is 13.0 Å². The summed E-state index contributed by atoms with van der Waals surface area (Å²) in [5.41, 5.74) is -0.0602. The van der Waals surface area contributed by atoms with Gasteiger partial charge in [0.05, 0.1) is 0 Å². The number of carboxylic acid groups (broad SMARTS) is 1. The van der Waals surface area contributed by atoms with Crippen molar-refractivity contribution in [3.63, 3.8) is 0 Å². The molecular formula is C12H19NO4. The Kier molecular flexibility index (Phi) is 4.28. The molecule has 17 heavy (non-hydrogen) atoms. The summed E-state index contributed by atoms with van der Waals surface area (Å²) in [5, 5.41) is 11.4. The van der Waals surface area contributed by atoms with Gasteiger partial charge in [0.1, 0.15) is 5.70 Å². The number of hydrogen-bond acceptors (Lipinski definition) is 3. The molecule has 1 atom stereocenters. The van der Waals surface area contributed by atoms with Crippen LogP contribution in [0.15, 0.2) is 11.8 Å². The number of hydrogen-bond donors (Lipinski definition) is 2. The first-order chi connectivity index (χ1) is 7.88. The Morgan fingerprint density at radius 1 is 1.53 bits per heavy atom. The molecular weight excluding hydrogens is 222 g/mol. The largest absolute Gasteiger partial charge is 0.477 e. The molecule has 1 amide bonds. The molecule has 0 radical (unpaired) electrons. The van der Waals surface area contributed by atoms with Gasteiger partial charge in [0.15, 0.2) is 0 Å². The summed E-state index contributed by atoms with van der Waals surface area (Å²) in [4.78, 5) is 22.6. The number of nitrogens with one attached hydrogen (secondary N) is 1. The van der Waals surface area contributed by atoms with Gasteiger partial charge in [0, 0.05) is 19.6 Å². The average Bonchev–Trinajstić information content (AvgIpc) is 2.86. The minimum atomic E-state index is -1.12. The summed E-state index contributed by atoms with van der Waals surface area (Å²) in [5.74, 6) is -1.40. The van der Waals surface area contributed by atoms with Crippen LogP contribution < -0.4 is 5.32 Å². The highest BCUT2D eigenvalue weighted by Gasteiger charge is 2.50. The Labute approximate surface area is 101 Å². The van der Waals surface area contributed by atoms with Crippen LogP contribution in [0.3, 0.4) is 0 Å². The number of methoxy groups -OCH3 is 1. The van der Waals surface area contributed by atoms with Crippen LogP contribution in [0.2, 0.25) is 0 Å². The average molecular weight is 241 g/mol. The molecule has 0 aliphatic heterocycles. The normalized spacial score (nSPS) is 22.1. The number of carbonyl (C=O) groups is 2. The van der Waals surface area contributed by atoms with Gasteiger partial charge in [-0.25, -0.2) is 4.79 Å². The maximum Gasteiger partial charge on any atom is 0.352 e. The molecule has 0 heterocycles. The van der Waals surface area contributed by atoms with E-state index in [9.17, 15) is 9.59 Å². The highest BCUT2D eigenvalue weighted by Crippen LogP contribution is 2.51. The van der Waals surface area contributed by atoms with E-state index in [-0.39, 0.29) is 22.9 Å². The van der Waals surface area contributed by atoms with E-state index in [1.165, 1.54) is 6.08 Å². The number of aliphatic carboxylic acids is 1. The van der Waals surface area contributed by atoms with Crippen LogP contribution in [0.25, 0.3) is 0 Å². The summed E-state index contributed by atoms with van der Waals surface area (Å²) in [6.45, 7) is 4.42. The third-order valence-corrected chi connectivity index (χ3v) is 2.99. The fraction of sp³-hybridized carbons (Fsp3) is 0.667. The van der Waals surface area contributed by atoms with Gasteiger partial charge in [-0.1, -0.05) is 19.9 Å². The Bertz CT molecular complexity index is 346. The fourth-order valence-electron chi connectivity index (χ4n) is 1.65. The summed E-state index contributed by atoms with van der Waals surface area (Å²) in [6, 6.07) is 0. The first-order valence-corrected chi connectivity index (χ1v) is 5.61. The molecule has 1 aliphatic rings. The standard InChI is InChI=1S/C12H19NO4/c1-12(2)7-8(12)10(14)13-9(11(15)16)5-4-6-17-3/h5,8H,4,6-7H2,1-3H3,(H,13,14)(H,15,16). The second-order valence-corrected chi connectivity index (χ2v) is 4.94. The van der Waals surface area contributed by atoms with Crippen molar-refractivity contribution < 1.29 is 19.4 Å². The predicted octanol–water partition coefficient (Wildman–Crippen LogP) is 1.15. The summed E-state index contributed by atoms with van der Waals surface area (Å²) < 4.78 is 4.82. The highest BCUT2D eigenvalue weighted by atomic mass is 16.5. The van der Waals surface area contributed by atoms with Crippen LogP contribution >= 0.6 is 0 Å². The number of carbonyl (C=O) groups excluding carboxylic acids is 1. The van der Waals surface area contributed by atoms with E-state index in [1.54, 1.807) is 7.11 Å². The quantitative estimate of drug-likeness (QED) is 0.540. The van der Waals surface area contributed by atoms with Crippen LogP contribution in [0.4, 0.5) is 0 Å². The molecule has 1 fully saturated rings. The number of rotatable bonds is 6. The molecule has 0 bridgehead atoms. The second-order valence-electron chi connectivity index (χ2n) is 4.94. The first-order valence-electron chi connectivity index (χ1n) is 5.61. The predicted molar refractivity (Wildman–Crippen MR) is 62.2 cm³/mol. The molecule has 0 aromatic heterocycles. The summed E-state index contributed by atoms with van der Waals surface area (Å²) in [7, 11) is 1.54. The molecule has 0 aromatic rings. The molecule has 1 aliphatic carbocycles. The number of ether oxygens (including phenoxy) is 1. The van der Waals surface area contributed by atoms with Gasteiger partial charge in [0.2, 0.25) is 5.91 Å². The van der Waals surface area contributed by atoms with Crippen molar-refractivity contribution in [2.45, 2.75) is 26.7 Å². The van der Waals surface area contributed by atoms with E-state index >= 15 is 0 Å². The molecule has 0 spiro atoms. The van der Waals surface area contributed by atoms with E-state index < -0.39 is 5.97 Å². The molecule has 1 saturated carbocycles. The Morgan fingerprint density at radius 3 is 2.53 bits per heavy atom. The lowest BCUT2D eigenvalue weighted by atomic mass is 10.1. The minimum absolute atomic E-state index is 0.000225. The van der Waals surface area contributed by atoms with Crippen molar-refractivity contribution in [3.8, 4) is 0 Å². The molecule has 96 valence electrons. The van der Waals surface area contributed by atoms with Crippen molar-refractivity contribution in [2.75, 3.05) is 13.7 Å². The van der Waals surface area contributed by atoms with Gasteiger partial charge in [-0.15, -0.1) is 0 Å². The van der Waals surface area contributed by atoms with Crippen LogP contribution in [0, 0.1) is 11.3 Å². The zero-order valence-corrected chi connectivity index (χ0v) is 10.4. The Morgan fingerprint density at radius 2 is 2.12 bits per heavy atom. The van der Waals surface area contributed by atoms with Crippen molar-refractivity contribution in [3.05, 3.63) is 11.8 Å². The molecule has 0 aromatic carbocycles. The Hall–Kier alpha value is -1.36. The lowest BCUT2D eigenvalue weighted by molar-refractivity contribution is -0.135. The van der Waals surface area contributed by atoms with Crippen LogP contribution in [0.1, 0.15) is 26.7 Å².